The van der Waals surface area contributed by atoms with E-state index in [4.69, 9.17) is 4.74 Å². The topological polar surface area (TPSA) is 39.9 Å². The van der Waals surface area contributed by atoms with Gasteiger partial charge in [0.2, 0.25) is 5.88 Å². The van der Waals surface area contributed by atoms with Gasteiger partial charge >= 0.3 is 0 Å². The lowest BCUT2D eigenvalue weighted by molar-refractivity contribution is 0.295. The van der Waals surface area contributed by atoms with Crippen molar-refractivity contribution in [1.82, 2.24) is 14.5 Å². The van der Waals surface area contributed by atoms with Gasteiger partial charge in [0.05, 0.1) is 6.20 Å². The van der Waals surface area contributed by atoms with Crippen molar-refractivity contribution in [1.29, 1.82) is 0 Å². The summed E-state index contributed by atoms with van der Waals surface area (Å²) in [5.74, 6) is 0.612. The van der Waals surface area contributed by atoms with E-state index in [-0.39, 0.29) is 0 Å². The normalized spacial score (nSPS) is 10.3. The van der Waals surface area contributed by atoms with E-state index in [1.54, 1.807) is 18.7 Å². The van der Waals surface area contributed by atoms with Gasteiger partial charge in [-0.2, -0.15) is 0 Å². The molecule has 0 fully saturated rings. The van der Waals surface area contributed by atoms with E-state index in [1.165, 1.54) is 0 Å². The first-order valence-corrected chi connectivity index (χ1v) is 6.03. The highest BCUT2D eigenvalue weighted by Crippen LogP contribution is 2.13. The van der Waals surface area contributed by atoms with E-state index in [0.717, 1.165) is 11.3 Å². The zero-order chi connectivity index (χ0) is 12.9. The monoisotopic (exact) mass is 251 g/mol. The number of benzene rings is 1. The lowest BCUT2D eigenvalue weighted by Crippen LogP contribution is -1.95. The number of nitrogens with zero attached hydrogens (tertiary/aromatic N) is 3. The number of hydrogen-bond acceptors (Lipinski definition) is 3. The van der Waals surface area contributed by atoms with Crippen LogP contribution < -0.4 is 4.74 Å². The fraction of sp³-hybridized carbons (Fsp3) is 0.0667. The molecule has 3 rings (SSSR count). The van der Waals surface area contributed by atoms with E-state index in [1.807, 2.05) is 53.2 Å². The Morgan fingerprint density at radius 3 is 2.58 bits per heavy atom. The number of pyridine rings is 1. The summed E-state index contributed by atoms with van der Waals surface area (Å²) in [7, 11) is 0. The number of ether oxygens (including phenoxy) is 1. The van der Waals surface area contributed by atoms with Crippen molar-refractivity contribution in [2.75, 3.05) is 0 Å². The van der Waals surface area contributed by atoms with Gasteiger partial charge in [-0.15, -0.1) is 0 Å². The Morgan fingerprint density at radius 1 is 1.00 bits per heavy atom. The van der Waals surface area contributed by atoms with Crippen LogP contribution in [0.1, 0.15) is 5.56 Å². The van der Waals surface area contributed by atoms with Gasteiger partial charge in [-0.3, -0.25) is 4.98 Å². The lowest BCUT2D eigenvalue weighted by atomic mass is 10.3. The van der Waals surface area contributed by atoms with Crippen LogP contribution in [-0.4, -0.2) is 14.5 Å². The maximum Gasteiger partial charge on any atom is 0.232 e. The van der Waals surface area contributed by atoms with Crippen LogP contribution in [0.25, 0.3) is 5.69 Å². The van der Waals surface area contributed by atoms with Crippen molar-refractivity contribution in [3.63, 3.8) is 0 Å². The molecule has 0 radical (unpaired) electrons. The summed E-state index contributed by atoms with van der Waals surface area (Å²) >= 11 is 0. The Kier molecular flexibility index (Phi) is 3.23. The van der Waals surface area contributed by atoms with Gasteiger partial charge in [-0.25, -0.2) is 4.98 Å². The molecular formula is C15H13N3O. The van der Waals surface area contributed by atoms with Gasteiger partial charge < -0.3 is 9.30 Å². The second kappa shape index (κ2) is 5.35. The molecule has 0 atom stereocenters. The molecule has 0 amide bonds. The summed E-state index contributed by atoms with van der Waals surface area (Å²) in [6.45, 7) is 0.494. The predicted octanol–water partition coefficient (Wildman–Crippen LogP) is 2.85. The SMILES string of the molecule is c1ccc(-n2cnc(OCc3ccncc3)c2)cc1. The second-order valence-corrected chi connectivity index (χ2v) is 4.10. The van der Waals surface area contributed by atoms with Crippen LogP contribution in [0.4, 0.5) is 0 Å². The number of rotatable bonds is 4. The highest BCUT2D eigenvalue weighted by atomic mass is 16.5. The number of imidazole rings is 1. The van der Waals surface area contributed by atoms with Crippen LogP contribution in [0.15, 0.2) is 67.4 Å². The van der Waals surface area contributed by atoms with Gasteiger partial charge in [0.15, 0.2) is 0 Å². The second-order valence-electron chi connectivity index (χ2n) is 4.10. The van der Waals surface area contributed by atoms with Crippen molar-refractivity contribution < 1.29 is 4.74 Å². The average Bonchev–Trinajstić information content (AvgIpc) is 2.96. The van der Waals surface area contributed by atoms with Crippen LogP contribution in [0.3, 0.4) is 0 Å². The third-order valence-electron chi connectivity index (χ3n) is 2.75. The van der Waals surface area contributed by atoms with E-state index < -0.39 is 0 Å². The van der Waals surface area contributed by atoms with Crippen LogP contribution in [0, 0.1) is 0 Å². The van der Waals surface area contributed by atoms with Crippen LogP contribution in [0.5, 0.6) is 5.88 Å². The molecule has 0 aliphatic rings. The first-order valence-electron chi connectivity index (χ1n) is 6.03. The summed E-state index contributed by atoms with van der Waals surface area (Å²) in [4.78, 5) is 8.20. The van der Waals surface area contributed by atoms with Crippen LogP contribution in [0.2, 0.25) is 0 Å². The van der Waals surface area contributed by atoms with E-state index in [2.05, 4.69) is 9.97 Å². The van der Waals surface area contributed by atoms with Gasteiger partial charge in [0.25, 0.3) is 0 Å². The average molecular weight is 251 g/mol. The quantitative estimate of drug-likeness (QED) is 0.715. The summed E-state index contributed by atoms with van der Waals surface area (Å²) in [6, 6.07) is 13.9. The van der Waals surface area contributed by atoms with Crippen molar-refractivity contribution in [2.24, 2.45) is 0 Å². The Bertz CT molecular complexity index is 635. The standard InChI is InChI=1S/C15H13N3O/c1-2-4-14(5-3-1)18-10-15(17-12-18)19-11-13-6-8-16-9-7-13/h1-10,12H,11H2. The molecule has 2 aromatic heterocycles. The molecule has 0 aliphatic carbocycles. The zero-order valence-electron chi connectivity index (χ0n) is 10.3. The van der Waals surface area contributed by atoms with Crippen molar-refractivity contribution >= 4 is 0 Å². The molecule has 0 bridgehead atoms. The summed E-state index contributed by atoms with van der Waals surface area (Å²) in [5.41, 5.74) is 2.14. The molecule has 0 N–H and O–H groups in total. The van der Waals surface area contributed by atoms with Gasteiger partial charge in [0.1, 0.15) is 12.9 Å². The fourth-order valence-electron chi connectivity index (χ4n) is 1.76. The Morgan fingerprint density at radius 2 is 1.79 bits per heavy atom. The Balaban J connectivity index is 1.69. The first-order chi connectivity index (χ1) is 9.42. The summed E-state index contributed by atoms with van der Waals surface area (Å²) in [6.07, 6.45) is 7.12. The molecular weight excluding hydrogens is 238 g/mol. The van der Waals surface area contributed by atoms with Gasteiger partial charge in [-0.05, 0) is 29.8 Å². The minimum Gasteiger partial charge on any atom is -0.472 e. The van der Waals surface area contributed by atoms with Gasteiger partial charge in [0, 0.05) is 18.1 Å². The fourth-order valence-corrected chi connectivity index (χ4v) is 1.76. The molecule has 0 saturated carbocycles. The highest BCUT2D eigenvalue weighted by Gasteiger charge is 2.01. The predicted molar refractivity (Wildman–Crippen MR) is 72.1 cm³/mol. The van der Waals surface area contributed by atoms with Gasteiger partial charge in [-0.1, -0.05) is 18.2 Å². The summed E-state index contributed by atoms with van der Waals surface area (Å²) < 4.78 is 7.57. The molecule has 19 heavy (non-hydrogen) atoms. The Labute approximate surface area is 111 Å². The van der Waals surface area contributed by atoms with Crippen molar-refractivity contribution in [3.05, 3.63) is 72.9 Å². The number of para-hydroxylation sites is 1. The molecule has 0 spiro atoms. The van der Waals surface area contributed by atoms with Crippen molar-refractivity contribution in [3.8, 4) is 11.6 Å². The smallest absolute Gasteiger partial charge is 0.232 e. The Hall–Kier alpha value is -2.62. The third kappa shape index (κ3) is 2.80. The molecule has 0 aliphatic heterocycles. The molecule has 1 aromatic carbocycles. The molecule has 3 aromatic rings. The van der Waals surface area contributed by atoms with E-state index in [0.29, 0.717) is 12.5 Å². The zero-order valence-corrected chi connectivity index (χ0v) is 10.3. The third-order valence-corrected chi connectivity index (χ3v) is 2.75. The van der Waals surface area contributed by atoms with E-state index in [9.17, 15) is 0 Å². The molecule has 4 heteroatoms. The van der Waals surface area contributed by atoms with Crippen molar-refractivity contribution in [2.45, 2.75) is 6.61 Å². The van der Waals surface area contributed by atoms with Crippen LogP contribution >= 0.6 is 0 Å². The molecule has 0 saturated heterocycles. The molecule has 2 heterocycles. The molecule has 94 valence electrons. The van der Waals surface area contributed by atoms with Crippen LogP contribution in [-0.2, 0) is 6.61 Å². The molecule has 4 nitrogen and oxygen atoms in total. The van der Waals surface area contributed by atoms with E-state index >= 15 is 0 Å². The lowest BCUT2D eigenvalue weighted by Gasteiger charge is -2.02. The minimum atomic E-state index is 0.494. The largest absolute Gasteiger partial charge is 0.472 e. The maximum absolute atomic E-state index is 5.63. The molecule has 0 unspecified atom stereocenters. The number of hydrogen-bond donors (Lipinski definition) is 0. The summed E-state index contributed by atoms with van der Waals surface area (Å²) in [5, 5.41) is 0. The highest BCUT2D eigenvalue weighted by molar-refractivity contribution is 5.32. The number of aromatic nitrogens is 3. The maximum atomic E-state index is 5.63. The first kappa shape index (κ1) is 11.5. The minimum absolute atomic E-state index is 0.494.